The Bertz CT molecular complexity index is 1630. The molecule has 0 aliphatic carbocycles. The van der Waals surface area contributed by atoms with Gasteiger partial charge in [-0.25, -0.2) is 18.4 Å². The average Bonchev–Trinajstić information content (AvgIpc) is 3.62. The predicted molar refractivity (Wildman–Crippen MR) is 131 cm³/mol. The third-order valence-electron chi connectivity index (χ3n) is 5.74. The van der Waals surface area contributed by atoms with Crippen LogP contribution in [0, 0.1) is 0 Å². The summed E-state index contributed by atoms with van der Waals surface area (Å²) >= 11 is 0. The van der Waals surface area contributed by atoms with Crippen LogP contribution in [0.3, 0.4) is 0 Å². The van der Waals surface area contributed by atoms with Gasteiger partial charge in [0.05, 0.1) is 34.7 Å². The van der Waals surface area contributed by atoms with E-state index in [2.05, 4.69) is 20.3 Å². The lowest BCUT2D eigenvalue weighted by Crippen LogP contribution is -2.02. The fraction of sp³-hybridized carbons (Fsp3) is 0.115. The Morgan fingerprint density at radius 2 is 1.58 bits per heavy atom. The molecule has 2 aromatic carbocycles. The van der Waals surface area contributed by atoms with Gasteiger partial charge in [0.1, 0.15) is 17.8 Å². The van der Waals surface area contributed by atoms with Gasteiger partial charge in [-0.15, -0.1) is 0 Å². The van der Waals surface area contributed by atoms with Gasteiger partial charge in [-0.05, 0) is 54.6 Å². The molecule has 5 aromatic rings. The molecule has 1 saturated heterocycles. The molecule has 1 N–H and O–H groups in total. The van der Waals surface area contributed by atoms with Gasteiger partial charge in [0.2, 0.25) is 16.1 Å². The molecular formula is C26H20N4O5S. The number of sulfone groups is 1. The minimum absolute atomic E-state index is 0.210. The maximum absolute atomic E-state index is 12.9. The minimum Gasteiger partial charge on any atom is -0.454 e. The van der Waals surface area contributed by atoms with Crippen molar-refractivity contribution in [1.82, 2.24) is 15.0 Å². The van der Waals surface area contributed by atoms with Crippen LogP contribution in [0.2, 0.25) is 0 Å². The lowest BCUT2D eigenvalue weighted by molar-refractivity contribution is -0.0585. The van der Waals surface area contributed by atoms with Gasteiger partial charge in [0.25, 0.3) is 0 Å². The zero-order valence-corrected chi connectivity index (χ0v) is 19.7. The van der Waals surface area contributed by atoms with Gasteiger partial charge < -0.3 is 19.2 Å². The number of aromatic nitrogens is 3. The van der Waals surface area contributed by atoms with Crippen LogP contribution in [0.15, 0.2) is 99.5 Å². The second-order valence-corrected chi connectivity index (χ2v) is 10.0. The molecule has 0 radical (unpaired) electrons. The number of benzene rings is 2. The summed E-state index contributed by atoms with van der Waals surface area (Å²) in [6.45, 7) is 1.06. The van der Waals surface area contributed by atoms with E-state index < -0.39 is 16.1 Å². The third kappa shape index (κ3) is 4.22. The molecule has 1 aliphatic heterocycles. The van der Waals surface area contributed by atoms with Gasteiger partial charge in [-0.2, -0.15) is 0 Å². The molecule has 0 amide bonds. The van der Waals surface area contributed by atoms with Crippen LogP contribution in [0.1, 0.15) is 12.1 Å². The van der Waals surface area contributed by atoms with Gasteiger partial charge in [-0.1, -0.05) is 18.2 Å². The largest absolute Gasteiger partial charge is 0.454 e. The fourth-order valence-corrected chi connectivity index (χ4v) is 5.21. The third-order valence-corrected chi connectivity index (χ3v) is 7.52. The maximum Gasteiger partial charge on any atom is 0.217 e. The van der Waals surface area contributed by atoms with Gasteiger partial charge in [-0.3, -0.25) is 4.98 Å². The molecular weight excluding hydrogens is 480 g/mol. The molecule has 1 fully saturated rings. The molecule has 0 unspecified atom stereocenters. The summed E-state index contributed by atoms with van der Waals surface area (Å²) in [4.78, 5) is 13.6. The molecule has 3 aromatic heterocycles. The zero-order valence-electron chi connectivity index (χ0n) is 18.9. The Kier molecular flexibility index (Phi) is 5.68. The first-order valence-corrected chi connectivity index (χ1v) is 12.7. The lowest BCUT2D eigenvalue weighted by atomic mass is 10.2. The lowest BCUT2D eigenvalue weighted by Gasteiger charge is -2.10. The van der Waals surface area contributed by atoms with E-state index >= 15 is 0 Å². The van der Waals surface area contributed by atoms with Crippen LogP contribution in [0.5, 0.6) is 0 Å². The second-order valence-electron chi connectivity index (χ2n) is 8.05. The second kappa shape index (κ2) is 9.15. The molecule has 36 heavy (non-hydrogen) atoms. The highest BCUT2D eigenvalue weighted by Gasteiger charge is 2.22. The van der Waals surface area contributed by atoms with E-state index in [-0.39, 0.29) is 9.79 Å². The van der Waals surface area contributed by atoms with Gasteiger partial charge in [0, 0.05) is 11.1 Å². The van der Waals surface area contributed by atoms with E-state index in [9.17, 15) is 8.42 Å². The summed E-state index contributed by atoms with van der Waals surface area (Å²) in [6.07, 6.45) is 2.59. The molecule has 10 heteroatoms. The van der Waals surface area contributed by atoms with E-state index in [1.807, 2.05) is 18.2 Å². The quantitative estimate of drug-likeness (QED) is 0.347. The SMILES string of the molecule is O=S(=O)(c1ccccc1)c1ccc(Nc2ncnc3cnc(-c4ccc(C5OCCO5)o4)cc23)cc1. The topological polar surface area (TPSA) is 116 Å². The number of furan rings is 1. The number of hydrogen-bond acceptors (Lipinski definition) is 9. The van der Waals surface area contributed by atoms with Crippen molar-refractivity contribution in [2.24, 2.45) is 0 Å². The Morgan fingerprint density at radius 3 is 2.36 bits per heavy atom. The van der Waals surface area contributed by atoms with Crippen LogP contribution in [0.25, 0.3) is 22.4 Å². The summed E-state index contributed by atoms with van der Waals surface area (Å²) in [6, 6.07) is 20.3. The summed E-state index contributed by atoms with van der Waals surface area (Å²) in [7, 11) is -3.59. The number of fused-ring (bicyclic) bond motifs is 1. The Hall–Kier alpha value is -4.12. The number of hydrogen-bond donors (Lipinski definition) is 1. The monoisotopic (exact) mass is 500 g/mol. The van der Waals surface area contributed by atoms with Crippen molar-refractivity contribution in [3.05, 3.63) is 91.1 Å². The first-order valence-electron chi connectivity index (χ1n) is 11.2. The van der Waals surface area contributed by atoms with Crippen molar-refractivity contribution in [3.63, 3.8) is 0 Å². The smallest absolute Gasteiger partial charge is 0.217 e. The van der Waals surface area contributed by atoms with Crippen LogP contribution in [0.4, 0.5) is 11.5 Å². The highest BCUT2D eigenvalue weighted by Crippen LogP contribution is 2.32. The van der Waals surface area contributed by atoms with Crippen LogP contribution >= 0.6 is 0 Å². The Balaban J connectivity index is 1.28. The number of rotatable bonds is 6. The standard InChI is InChI=1S/C26H20N4O5S/c31-36(32,18-4-2-1-3-5-18)19-8-6-17(7-9-19)30-25-20-14-21(27-15-22(20)28-16-29-25)23-10-11-24(35-23)26-33-12-13-34-26/h1-11,14-16,26H,12-13H2,(H,28,29,30). The minimum atomic E-state index is -3.59. The first kappa shape index (κ1) is 22.4. The summed E-state index contributed by atoms with van der Waals surface area (Å²) in [5, 5.41) is 3.98. The van der Waals surface area contributed by atoms with Crippen LogP contribution in [-0.2, 0) is 19.3 Å². The number of ether oxygens (including phenoxy) is 2. The van der Waals surface area contributed by atoms with Crippen molar-refractivity contribution in [2.75, 3.05) is 18.5 Å². The Labute approximate surface area is 206 Å². The zero-order chi connectivity index (χ0) is 24.5. The van der Waals surface area contributed by atoms with E-state index in [1.54, 1.807) is 60.8 Å². The van der Waals surface area contributed by atoms with Crippen molar-refractivity contribution in [2.45, 2.75) is 16.1 Å². The molecule has 180 valence electrons. The summed E-state index contributed by atoms with van der Waals surface area (Å²) in [5.41, 5.74) is 1.93. The van der Waals surface area contributed by atoms with Crippen molar-refractivity contribution in [1.29, 1.82) is 0 Å². The molecule has 6 rings (SSSR count). The van der Waals surface area contributed by atoms with E-state index in [0.29, 0.717) is 47.5 Å². The molecule has 1 aliphatic rings. The highest BCUT2D eigenvalue weighted by molar-refractivity contribution is 7.91. The van der Waals surface area contributed by atoms with Crippen LogP contribution in [-0.4, -0.2) is 36.6 Å². The van der Waals surface area contributed by atoms with Gasteiger partial charge in [0.15, 0.2) is 11.5 Å². The molecule has 0 spiro atoms. The highest BCUT2D eigenvalue weighted by atomic mass is 32.2. The summed E-state index contributed by atoms with van der Waals surface area (Å²) in [5.74, 6) is 1.70. The predicted octanol–water partition coefficient (Wildman–Crippen LogP) is 4.91. The first-order chi connectivity index (χ1) is 17.6. The van der Waals surface area contributed by atoms with E-state index in [0.717, 1.165) is 5.39 Å². The molecule has 9 nitrogen and oxygen atoms in total. The van der Waals surface area contributed by atoms with Crippen molar-refractivity contribution < 1.29 is 22.3 Å². The van der Waals surface area contributed by atoms with E-state index in [1.165, 1.54) is 6.33 Å². The Morgan fingerprint density at radius 1 is 0.833 bits per heavy atom. The van der Waals surface area contributed by atoms with Gasteiger partial charge >= 0.3 is 0 Å². The molecule has 0 atom stereocenters. The van der Waals surface area contributed by atoms with E-state index in [4.69, 9.17) is 13.9 Å². The average molecular weight is 501 g/mol. The fourth-order valence-electron chi connectivity index (χ4n) is 3.92. The maximum atomic E-state index is 12.9. The number of pyridine rings is 1. The number of anilines is 2. The number of nitrogens with zero attached hydrogens (tertiary/aromatic N) is 3. The summed E-state index contributed by atoms with van der Waals surface area (Å²) < 4.78 is 42.6. The molecule has 0 saturated carbocycles. The molecule has 0 bridgehead atoms. The molecule has 4 heterocycles. The van der Waals surface area contributed by atoms with Crippen molar-refractivity contribution >= 4 is 32.2 Å². The normalized spacial score (nSPS) is 14.3. The van der Waals surface area contributed by atoms with Crippen molar-refractivity contribution in [3.8, 4) is 11.5 Å². The number of nitrogens with one attached hydrogen (secondary N) is 1. The van der Waals surface area contributed by atoms with Crippen LogP contribution < -0.4 is 5.32 Å².